The Morgan fingerprint density at radius 1 is 1.33 bits per heavy atom. The molecule has 0 aromatic heterocycles. The molecular weight excluding hydrogens is 269 g/mol. The number of aryl methyl sites for hydroxylation is 1. The molecule has 2 N–H and O–H groups in total. The van der Waals surface area contributed by atoms with E-state index in [0.717, 1.165) is 31.5 Å². The smallest absolute Gasteiger partial charge is 0.319 e. The lowest BCUT2D eigenvalue weighted by Crippen LogP contribution is -2.47. The van der Waals surface area contributed by atoms with E-state index in [2.05, 4.69) is 29.4 Å². The Morgan fingerprint density at radius 2 is 2.00 bits per heavy atom. The number of nitrogens with one attached hydrogen (secondary N) is 2. The average Bonchev–Trinajstić information content (AvgIpc) is 2.43. The van der Waals surface area contributed by atoms with Gasteiger partial charge in [-0.05, 0) is 51.3 Å². The molecule has 2 rings (SSSR count). The van der Waals surface area contributed by atoms with Crippen molar-refractivity contribution in [2.75, 3.05) is 18.4 Å². The van der Waals surface area contributed by atoms with Crippen LogP contribution in [-0.4, -0.2) is 36.1 Å². The van der Waals surface area contributed by atoms with Crippen molar-refractivity contribution in [3.8, 4) is 0 Å². The molecule has 0 radical (unpaired) electrons. The number of benzene rings is 1. The fourth-order valence-corrected chi connectivity index (χ4v) is 2.64. The Kier molecular flexibility index (Phi) is 5.17. The van der Waals surface area contributed by atoms with Gasteiger partial charge >= 0.3 is 6.03 Å². The third kappa shape index (κ3) is 4.43. The highest BCUT2D eigenvalue weighted by Crippen LogP contribution is 2.16. The second-order valence-electron chi connectivity index (χ2n) is 5.99. The zero-order valence-electron chi connectivity index (χ0n) is 12.9. The van der Waals surface area contributed by atoms with E-state index in [4.69, 9.17) is 0 Å². The molecule has 4 nitrogen and oxygen atoms in total. The lowest BCUT2D eigenvalue weighted by molar-refractivity contribution is 0.163. The Bertz CT molecular complexity index is 496. The summed E-state index contributed by atoms with van der Waals surface area (Å²) in [6, 6.07) is 5.05. The van der Waals surface area contributed by atoms with E-state index in [0.29, 0.717) is 6.04 Å². The van der Waals surface area contributed by atoms with Crippen molar-refractivity contribution < 1.29 is 9.18 Å². The zero-order chi connectivity index (χ0) is 15.4. The predicted octanol–water partition coefficient (Wildman–Crippen LogP) is 3.13. The van der Waals surface area contributed by atoms with Crippen LogP contribution >= 0.6 is 0 Å². The van der Waals surface area contributed by atoms with Gasteiger partial charge in [-0.15, -0.1) is 0 Å². The number of carbonyl (C=O) groups excluding carboxylic acids is 1. The Hall–Kier alpha value is -1.62. The largest absolute Gasteiger partial charge is 0.335 e. The van der Waals surface area contributed by atoms with Gasteiger partial charge in [0.15, 0.2) is 0 Å². The first-order chi connectivity index (χ1) is 9.95. The Labute approximate surface area is 125 Å². The Balaban J connectivity index is 1.84. The van der Waals surface area contributed by atoms with Gasteiger partial charge in [0.1, 0.15) is 5.82 Å². The van der Waals surface area contributed by atoms with Gasteiger partial charge in [-0.1, -0.05) is 6.07 Å². The maximum absolute atomic E-state index is 13.6. The highest BCUT2D eigenvalue weighted by atomic mass is 19.1. The topological polar surface area (TPSA) is 44.4 Å². The molecule has 1 aromatic rings. The molecule has 116 valence electrons. The number of hydrogen-bond donors (Lipinski definition) is 2. The van der Waals surface area contributed by atoms with Crippen LogP contribution in [0.3, 0.4) is 0 Å². The van der Waals surface area contributed by atoms with Crippen molar-refractivity contribution in [1.29, 1.82) is 0 Å². The van der Waals surface area contributed by atoms with Crippen molar-refractivity contribution >= 4 is 11.7 Å². The van der Waals surface area contributed by atoms with Gasteiger partial charge in [0.2, 0.25) is 0 Å². The van der Waals surface area contributed by atoms with Gasteiger partial charge < -0.3 is 15.5 Å². The first-order valence-corrected chi connectivity index (χ1v) is 7.53. The van der Waals surface area contributed by atoms with Crippen LogP contribution in [0.4, 0.5) is 14.9 Å². The number of likely N-dealkylation sites (tertiary alicyclic amines) is 1. The summed E-state index contributed by atoms with van der Waals surface area (Å²) < 4.78 is 13.6. The molecule has 1 heterocycles. The number of urea groups is 1. The maximum atomic E-state index is 13.6. The molecule has 0 aliphatic carbocycles. The number of piperidine rings is 1. The second kappa shape index (κ2) is 6.89. The summed E-state index contributed by atoms with van der Waals surface area (Å²) in [6.45, 7) is 8.20. The summed E-state index contributed by atoms with van der Waals surface area (Å²) in [5, 5.41) is 5.52. The summed E-state index contributed by atoms with van der Waals surface area (Å²) in [4.78, 5) is 14.4. The molecule has 0 unspecified atom stereocenters. The molecule has 0 atom stereocenters. The van der Waals surface area contributed by atoms with Crippen LogP contribution < -0.4 is 10.6 Å². The highest BCUT2D eigenvalue weighted by Gasteiger charge is 2.22. The molecule has 0 saturated carbocycles. The fourth-order valence-electron chi connectivity index (χ4n) is 2.64. The summed E-state index contributed by atoms with van der Waals surface area (Å²) in [6.07, 6.45) is 1.86. The molecule has 0 bridgehead atoms. The first-order valence-electron chi connectivity index (χ1n) is 7.53. The standard InChI is InChI=1S/C16H24FN3O/c1-11(2)20-8-6-13(7-9-20)18-16(21)19-15-10-12(3)4-5-14(15)17/h4-5,10-11,13H,6-9H2,1-3H3,(H2,18,19,21). The molecule has 1 aliphatic rings. The Morgan fingerprint density at radius 3 is 2.62 bits per heavy atom. The second-order valence-corrected chi connectivity index (χ2v) is 5.99. The van der Waals surface area contributed by atoms with E-state index in [-0.39, 0.29) is 17.8 Å². The molecule has 21 heavy (non-hydrogen) atoms. The number of rotatable bonds is 3. The van der Waals surface area contributed by atoms with Crippen molar-refractivity contribution in [2.45, 2.75) is 45.7 Å². The molecule has 1 saturated heterocycles. The van der Waals surface area contributed by atoms with E-state index >= 15 is 0 Å². The number of hydrogen-bond acceptors (Lipinski definition) is 2. The number of nitrogens with zero attached hydrogens (tertiary/aromatic N) is 1. The van der Waals surface area contributed by atoms with Crippen LogP contribution in [0.15, 0.2) is 18.2 Å². The van der Waals surface area contributed by atoms with E-state index in [1.807, 2.05) is 6.92 Å². The molecule has 5 heteroatoms. The molecule has 0 spiro atoms. The van der Waals surface area contributed by atoms with Gasteiger partial charge in [0, 0.05) is 25.2 Å². The lowest BCUT2D eigenvalue weighted by atomic mass is 10.0. The van der Waals surface area contributed by atoms with Crippen LogP contribution in [0.1, 0.15) is 32.3 Å². The van der Waals surface area contributed by atoms with Crippen LogP contribution in [0, 0.1) is 12.7 Å². The maximum Gasteiger partial charge on any atom is 0.319 e. The normalized spacial score (nSPS) is 17.0. The van der Waals surface area contributed by atoms with Crippen molar-refractivity contribution in [1.82, 2.24) is 10.2 Å². The molecule has 1 fully saturated rings. The molecular formula is C16H24FN3O. The summed E-state index contributed by atoms with van der Waals surface area (Å²) in [5.74, 6) is -0.412. The van der Waals surface area contributed by atoms with Crippen LogP contribution in [0.2, 0.25) is 0 Å². The monoisotopic (exact) mass is 293 g/mol. The van der Waals surface area contributed by atoms with Crippen molar-refractivity contribution in [3.63, 3.8) is 0 Å². The number of anilines is 1. The minimum absolute atomic E-state index is 0.160. The minimum atomic E-state index is -0.412. The SMILES string of the molecule is Cc1ccc(F)c(NC(=O)NC2CCN(C(C)C)CC2)c1. The van der Waals surface area contributed by atoms with Crippen LogP contribution in [-0.2, 0) is 0 Å². The fraction of sp³-hybridized carbons (Fsp3) is 0.562. The quantitative estimate of drug-likeness (QED) is 0.899. The van der Waals surface area contributed by atoms with Crippen LogP contribution in [0.5, 0.6) is 0 Å². The minimum Gasteiger partial charge on any atom is -0.335 e. The average molecular weight is 293 g/mol. The first kappa shape index (κ1) is 15.8. The van der Waals surface area contributed by atoms with E-state index in [1.165, 1.54) is 6.07 Å². The molecule has 2 amide bonds. The molecule has 1 aromatic carbocycles. The molecule has 1 aliphatic heterocycles. The van der Waals surface area contributed by atoms with E-state index < -0.39 is 5.82 Å². The summed E-state index contributed by atoms with van der Waals surface area (Å²) in [5.41, 5.74) is 1.14. The third-order valence-corrected chi connectivity index (χ3v) is 3.97. The van der Waals surface area contributed by atoms with Crippen LogP contribution in [0.25, 0.3) is 0 Å². The van der Waals surface area contributed by atoms with Gasteiger partial charge in [0.05, 0.1) is 5.69 Å². The number of amides is 2. The van der Waals surface area contributed by atoms with Crippen molar-refractivity contribution in [3.05, 3.63) is 29.6 Å². The highest BCUT2D eigenvalue weighted by molar-refractivity contribution is 5.89. The summed E-state index contributed by atoms with van der Waals surface area (Å²) >= 11 is 0. The van der Waals surface area contributed by atoms with Gasteiger partial charge in [-0.25, -0.2) is 9.18 Å². The van der Waals surface area contributed by atoms with E-state index in [1.54, 1.807) is 12.1 Å². The van der Waals surface area contributed by atoms with Crippen molar-refractivity contribution in [2.24, 2.45) is 0 Å². The van der Waals surface area contributed by atoms with Gasteiger partial charge in [-0.3, -0.25) is 0 Å². The summed E-state index contributed by atoms with van der Waals surface area (Å²) in [7, 11) is 0. The predicted molar refractivity (Wildman–Crippen MR) is 83.0 cm³/mol. The zero-order valence-corrected chi connectivity index (χ0v) is 12.9. The third-order valence-electron chi connectivity index (χ3n) is 3.97. The van der Waals surface area contributed by atoms with Gasteiger partial charge in [0.25, 0.3) is 0 Å². The lowest BCUT2D eigenvalue weighted by Gasteiger charge is -2.34. The van der Waals surface area contributed by atoms with Gasteiger partial charge in [-0.2, -0.15) is 0 Å². The number of carbonyl (C=O) groups is 1. The van der Waals surface area contributed by atoms with E-state index in [9.17, 15) is 9.18 Å². The number of halogens is 1.